The van der Waals surface area contributed by atoms with Gasteiger partial charge in [0.25, 0.3) is 0 Å². The number of quaternary nitrogens is 1. The van der Waals surface area contributed by atoms with E-state index in [9.17, 15) is 5.11 Å². The van der Waals surface area contributed by atoms with Gasteiger partial charge in [0.15, 0.2) is 0 Å². The van der Waals surface area contributed by atoms with E-state index in [0.717, 1.165) is 17.8 Å². The molecular weight excluding hydrogens is 174 g/mol. The predicted molar refractivity (Wildman–Crippen MR) is 54.4 cm³/mol. The van der Waals surface area contributed by atoms with E-state index in [0.29, 0.717) is 12.0 Å². The minimum atomic E-state index is -0.115. The number of hydrogen-bond acceptors (Lipinski definition) is 1. The fourth-order valence-corrected chi connectivity index (χ4v) is 4.89. The molecule has 14 heavy (non-hydrogen) atoms. The molecule has 4 fully saturated rings. The second-order valence-electron chi connectivity index (χ2n) is 6.08. The topological polar surface area (TPSA) is 47.9 Å². The lowest BCUT2D eigenvalue weighted by atomic mass is 9.48. The van der Waals surface area contributed by atoms with Gasteiger partial charge in [0, 0.05) is 5.41 Å². The molecule has 0 amide bonds. The summed E-state index contributed by atoms with van der Waals surface area (Å²) in [6, 6.07) is 0. The molecular formula is C12H22NO+. The van der Waals surface area contributed by atoms with Gasteiger partial charge in [0.05, 0.1) is 0 Å². The molecule has 0 aliphatic heterocycles. The van der Waals surface area contributed by atoms with Gasteiger partial charge in [-0.1, -0.05) is 0 Å². The summed E-state index contributed by atoms with van der Waals surface area (Å²) in [4.78, 5) is 0. The van der Waals surface area contributed by atoms with E-state index in [1.165, 1.54) is 38.5 Å². The monoisotopic (exact) mass is 196 g/mol. The normalized spacial score (nSPS) is 52.3. The van der Waals surface area contributed by atoms with Gasteiger partial charge in [-0.05, 0) is 56.3 Å². The first-order valence-corrected chi connectivity index (χ1v) is 6.19. The Labute approximate surface area is 85.9 Å². The zero-order valence-electron chi connectivity index (χ0n) is 8.91. The summed E-state index contributed by atoms with van der Waals surface area (Å²) >= 11 is 0. The van der Waals surface area contributed by atoms with Crippen molar-refractivity contribution in [1.29, 1.82) is 0 Å². The molecule has 0 saturated heterocycles. The maximum atomic E-state index is 10.2. The minimum absolute atomic E-state index is 0.115. The van der Waals surface area contributed by atoms with Crippen LogP contribution < -0.4 is 5.73 Å². The second-order valence-corrected chi connectivity index (χ2v) is 6.08. The van der Waals surface area contributed by atoms with E-state index < -0.39 is 0 Å². The zero-order valence-corrected chi connectivity index (χ0v) is 8.91. The molecule has 4 bridgehead atoms. The molecule has 0 unspecified atom stereocenters. The van der Waals surface area contributed by atoms with Crippen molar-refractivity contribution >= 4 is 0 Å². The molecule has 0 aromatic heterocycles. The molecule has 0 heterocycles. The molecule has 4 aliphatic carbocycles. The average molecular weight is 196 g/mol. The van der Waals surface area contributed by atoms with Crippen molar-refractivity contribution in [2.75, 3.05) is 6.54 Å². The summed E-state index contributed by atoms with van der Waals surface area (Å²) in [6.45, 7) is 0.714. The van der Waals surface area contributed by atoms with Crippen LogP contribution in [0.3, 0.4) is 0 Å². The molecule has 4 saturated carbocycles. The third-order valence-corrected chi connectivity index (χ3v) is 5.07. The molecule has 4 aliphatic rings. The highest BCUT2D eigenvalue weighted by atomic mass is 16.3. The summed E-state index contributed by atoms with van der Waals surface area (Å²) in [5.41, 5.74) is 4.19. The Balaban J connectivity index is 1.87. The van der Waals surface area contributed by atoms with Gasteiger partial charge in [-0.3, -0.25) is 0 Å². The summed E-state index contributed by atoms with van der Waals surface area (Å²) < 4.78 is 0. The smallest absolute Gasteiger partial charge is 0.108 e. The van der Waals surface area contributed by atoms with Gasteiger partial charge in [-0.25, -0.2) is 0 Å². The quantitative estimate of drug-likeness (QED) is 0.674. The molecule has 0 spiro atoms. The number of hydrogen-bond donors (Lipinski definition) is 2. The molecule has 80 valence electrons. The Morgan fingerprint density at radius 3 is 1.86 bits per heavy atom. The number of rotatable bonds is 2. The van der Waals surface area contributed by atoms with Crippen LogP contribution in [0.25, 0.3) is 0 Å². The van der Waals surface area contributed by atoms with E-state index in [1.807, 2.05) is 0 Å². The van der Waals surface area contributed by atoms with Crippen molar-refractivity contribution < 1.29 is 10.8 Å². The second kappa shape index (κ2) is 2.96. The Bertz CT molecular complexity index is 203. The fourth-order valence-electron chi connectivity index (χ4n) is 4.89. The molecule has 1 atom stereocenters. The molecule has 0 radical (unpaired) electrons. The lowest BCUT2D eigenvalue weighted by Gasteiger charge is -2.57. The van der Waals surface area contributed by atoms with Gasteiger partial charge in [0.1, 0.15) is 12.6 Å². The van der Waals surface area contributed by atoms with E-state index in [-0.39, 0.29) is 6.10 Å². The highest BCUT2D eigenvalue weighted by Gasteiger charge is 2.54. The maximum Gasteiger partial charge on any atom is 0.108 e. The van der Waals surface area contributed by atoms with Crippen LogP contribution in [-0.2, 0) is 0 Å². The molecule has 0 aromatic rings. The standard InChI is InChI=1S/C12H21NO/c13-7-11(14)12-4-8-1-9(5-12)3-10(2-8)6-12/h8-11,14H,1-7,13H2/p+1/t8?,9?,10?,11-,12?/m1/s1. The van der Waals surface area contributed by atoms with Crippen LogP contribution in [0.1, 0.15) is 38.5 Å². The summed E-state index contributed by atoms with van der Waals surface area (Å²) in [5.74, 6) is 2.84. The maximum absolute atomic E-state index is 10.2. The number of aliphatic hydroxyl groups is 1. The van der Waals surface area contributed by atoms with Gasteiger partial charge in [-0.2, -0.15) is 0 Å². The first kappa shape index (κ1) is 9.17. The van der Waals surface area contributed by atoms with Crippen molar-refractivity contribution in [3.05, 3.63) is 0 Å². The Morgan fingerprint density at radius 1 is 1.07 bits per heavy atom. The highest BCUT2D eigenvalue weighted by Crippen LogP contribution is 2.61. The van der Waals surface area contributed by atoms with Crippen molar-refractivity contribution in [1.82, 2.24) is 0 Å². The predicted octanol–water partition coefficient (Wildman–Crippen LogP) is 0.806. The summed E-state index contributed by atoms with van der Waals surface area (Å²) in [6.07, 6.45) is 8.17. The van der Waals surface area contributed by atoms with Crippen LogP contribution in [0.15, 0.2) is 0 Å². The summed E-state index contributed by atoms with van der Waals surface area (Å²) in [7, 11) is 0. The van der Waals surface area contributed by atoms with Crippen LogP contribution in [0.4, 0.5) is 0 Å². The summed E-state index contributed by atoms with van der Waals surface area (Å²) in [5, 5.41) is 10.2. The van der Waals surface area contributed by atoms with Crippen LogP contribution in [0.2, 0.25) is 0 Å². The van der Waals surface area contributed by atoms with Crippen LogP contribution >= 0.6 is 0 Å². The SMILES string of the molecule is [NH3+]C[C@@H](O)C12CC3CC(CC(C3)C1)C2. The highest BCUT2D eigenvalue weighted by molar-refractivity contribution is 5.03. The van der Waals surface area contributed by atoms with Gasteiger partial charge >= 0.3 is 0 Å². The van der Waals surface area contributed by atoms with Crippen LogP contribution in [0, 0.1) is 23.2 Å². The van der Waals surface area contributed by atoms with E-state index >= 15 is 0 Å². The Hall–Kier alpha value is -0.0800. The Kier molecular flexibility index (Phi) is 1.94. The lowest BCUT2D eigenvalue weighted by Crippen LogP contribution is -2.63. The first-order chi connectivity index (χ1) is 6.72. The van der Waals surface area contributed by atoms with Crippen molar-refractivity contribution in [2.45, 2.75) is 44.6 Å². The third kappa shape index (κ3) is 1.17. The third-order valence-electron chi connectivity index (χ3n) is 5.07. The van der Waals surface area contributed by atoms with Crippen molar-refractivity contribution in [3.8, 4) is 0 Å². The molecule has 4 rings (SSSR count). The fraction of sp³-hybridized carbons (Fsp3) is 1.00. The van der Waals surface area contributed by atoms with Gasteiger partial charge in [-0.15, -0.1) is 0 Å². The van der Waals surface area contributed by atoms with Gasteiger partial charge in [0.2, 0.25) is 0 Å². The van der Waals surface area contributed by atoms with Crippen LogP contribution in [0.5, 0.6) is 0 Å². The molecule has 2 heteroatoms. The van der Waals surface area contributed by atoms with Crippen LogP contribution in [-0.4, -0.2) is 17.8 Å². The zero-order chi connectivity index (χ0) is 9.76. The van der Waals surface area contributed by atoms with Crippen molar-refractivity contribution in [2.24, 2.45) is 23.2 Å². The number of aliphatic hydroxyl groups excluding tert-OH is 1. The average Bonchev–Trinajstić information content (AvgIpc) is 2.14. The van der Waals surface area contributed by atoms with Crippen molar-refractivity contribution in [3.63, 3.8) is 0 Å². The largest absolute Gasteiger partial charge is 0.387 e. The Morgan fingerprint density at radius 2 is 1.50 bits per heavy atom. The van der Waals surface area contributed by atoms with E-state index in [2.05, 4.69) is 5.73 Å². The van der Waals surface area contributed by atoms with E-state index in [1.54, 1.807) is 0 Å². The minimum Gasteiger partial charge on any atom is -0.387 e. The molecule has 4 N–H and O–H groups in total. The van der Waals surface area contributed by atoms with E-state index in [4.69, 9.17) is 0 Å². The lowest BCUT2D eigenvalue weighted by molar-refractivity contribution is -0.395. The molecule has 2 nitrogen and oxygen atoms in total. The first-order valence-electron chi connectivity index (χ1n) is 6.19. The van der Waals surface area contributed by atoms with Gasteiger partial charge < -0.3 is 10.8 Å². The molecule has 0 aromatic carbocycles.